The normalized spacial score (nSPS) is 16.0. The average molecular weight is 493 g/mol. The highest BCUT2D eigenvalue weighted by molar-refractivity contribution is 5.54. The first-order chi connectivity index (χ1) is 16.9. The van der Waals surface area contributed by atoms with Crippen molar-refractivity contribution in [3.8, 4) is 11.5 Å². The van der Waals surface area contributed by atoms with Gasteiger partial charge in [0.25, 0.3) is 0 Å². The third-order valence-corrected chi connectivity index (χ3v) is 7.86. The van der Waals surface area contributed by atoms with Gasteiger partial charge in [-0.15, -0.1) is 0 Å². The van der Waals surface area contributed by atoms with Gasteiger partial charge in [0, 0.05) is 5.41 Å². The number of rotatable bonds is 10. The smallest absolute Gasteiger partial charge is 0.121 e. The van der Waals surface area contributed by atoms with Gasteiger partial charge in [-0.3, -0.25) is 0 Å². The van der Waals surface area contributed by atoms with Crippen LogP contribution < -0.4 is 0 Å². The van der Waals surface area contributed by atoms with Crippen LogP contribution in [0.25, 0.3) is 0 Å². The van der Waals surface area contributed by atoms with E-state index in [1.807, 2.05) is 0 Å². The number of hydrogen-bond donors (Lipinski definition) is 2. The van der Waals surface area contributed by atoms with Crippen LogP contribution in [-0.4, -0.2) is 10.2 Å². The Morgan fingerprint density at radius 1 is 0.528 bits per heavy atom. The Bertz CT molecular complexity index is 868. The van der Waals surface area contributed by atoms with Gasteiger partial charge in [-0.25, -0.2) is 0 Å². The molecular formula is C34H52O2. The van der Waals surface area contributed by atoms with E-state index in [1.165, 1.54) is 30.4 Å². The largest absolute Gasteiger partial charge is 0.507 e. The van der Waals surface area contributed by atoms with Gasteiger partial charge in [0.15, 0.2) is 0 Å². The summed E-state index contributed by atoms with van der Waals surface area (Å²) in [6.45, 7) is 17.9. The van der Waals surface area contributed by atoms with Crippen LogP contribution in [0.4, 0.5) is 0 Å². The summed E-state index contributed by atoms with van der Waals surface area (Å²) in [5.41, 5.74) is 7.11. The molecule has 0 heterocycles. The molecule has 0 atom stereocenters. The summed E-state index contributed by atoms with van der Waals surface area (Å²) < 4.78 is 0. The molecule has 0 amide bonds. The first kappa shape index (κ1) is 28.6. The maximum atomic E-state index is 11.3. The Balaban J connectivity index is 2.28. The van der Waals surface area contributed by atoms with E-state index in [4.69, 9.17) is 0 Å². The van der Waals surface area contributed by atoms with E-state index in [0.29, 0.717) is 35.2 Å². The molecule has 0 radical (unpaired) electrons. The molecule has 1 saturated carbocycles. The van der Waals surface area contributed by atoms with E-state index in [9.17, 15) is 10.2 Å². The van der Waals surface area contributed by atoms with Crippen molar-refractivity contribution in [3.63, 3.8) is 0 Å². The molecule has 200 valence electrons. The number of phenols is 2. The summed E-state index contributed by atoms with van der Waals surface area (Å²) in [6, 6.07) is 9.34. The standard InChI is InChI=1S/C34H52O2/c1-22(2)14-26-18-30(19-27(32(26)35)15-23(3)4)34(12-10-9-11-13-34)31-20-28(16-24(5)6)33(36)29(21-31)17-25(7)8/h18-25,35-36H,9-17H2,1-8H3. The predicted molar refractivity (Wildman–Crippen MR) is 154 cm³/mol. The second kappa shape index (κ2) is 12.1. The van der Waals surface area contributed by atoms with Crippen molar-refractivity contribution in [3.05, 3.63) is 57.6 Å². The highest BCUT2D eigenvalue weighted by Crippen LogP contribution is 2.48. The predicted octanol–water partition coefficient (Wildman–Crippen LogP) is 9.14. The second-order valence-corrected chi connectivity index (χ2v) is 13.3. The molecule has 2 aromatic rings. The van der Waals surface area contributed by atoms with Gasteiger partial charge in [-0.2, -0.15) is 0 Å². The Kier molecular flexibility index (Phi) is 9.58. The fourth-order valence-corrected chi connectivity index (χ4v) is 6.35. The van der Waals surface area contributed by atoms with Crippen molar-refractivity contribution in [1.82, 2.24) is 0 Å². The molecule has 0 saturated heterocycles. The maximum absolute atomic E-state index is 11.3. The molecule has 0 bridgehead atoms. The number of benzene rings is 2. The van der Waals surface area contributed by atoms with Crippen molar-refractivity contribution in [2.75, 3.05) is 0 Å². The Morgan fingerprint density at radius 2 is 0.806 bits per heavy atom. The van der Waals surface area contributed by atoms with E-state index < -0.39 is 0 Å². The van der Waals surface area contributed by atoms with Crippen LogP contribution >= 0.6 is 0 Å². The van der Waals surface area contributed by atoms with Crippen LogP contribution in [0.5, 0.6) is 11.5 Å². The fraction of sp³-hybridized carbons (Fsp3) is 0.647. The van der Waals surface area contributed by atoms with E-state index in [-0.39, 0.29) is 5.41 Å². The molecule has 2 N–H and O–H groups in total. The monoisotopic (exact) mass is 492 g/mol. The lowest BCUT2D eigenvalue weighted by molar-refractivity contribution is 0.343. The quantitative estimate of drug-likeness (QED) is 0.347. The van der Waals surface area contributed by atoms with Crippen molar-refractivity contribution < 1.29 is 10.2 Å². The summed E-state index contributed by atoms with van der Waals surface area (Å²) in [5, 5.41) is 22.5. The molecular weight excluding hydrogens is 440 g/mol. The third-order valence-electron chi connectivity index (χ3n) is 7.86. The number of aromatic hydroxyl groups is 2. The molecule has 2 aromatic carbocycles. The van der Waals surface area contributed by atoms with Gasteiger partial charge in [-0.1, -0.05) is 98.9 Å². The highest BCUT2D eigenvalue weighted by atomic mass is 16.3. The average Bonchev–Trinajstić information content (AvgIpc) is 2.78. The lowest BCUT2D eigenvalue weighted by atomic mass is 9.64. The Hall–Kier alpha value is -1.96. The molecule has 0 unspecified atom stereocenters. The van der Waals surface area contributed by atoms with Crippen molar-refractivity contribution in [2.24, 2.45) is 23.7 Å². The second-order valence-electron chi connectivity index (χ2n) is 13.3. The van der Waals surface area contributed by atoms with Crippen LogP contribution in [0.2, 0.25) is 0 Å². The lowest BCUT2D eigenvalue weighted by Gasteiger charge is -2.40. The maximum Gasteiger partial charge on any atom is 0.121 e. The zero-order chi connectivity index (χ0) is 26.6. The molecule has 3 rings (SSSR count). The summed E-state index contributed by atoms with van der Waals surface area (Å²) in [5.74, 6) is 2.99. The minimum atomic E-state index is -0.0609. The van der Waals surface area contributed by atoms with Gasteiger partial charge in [0.2, 0.25) is 0 Å². The molecule has 1 aliphatic carbocycles. The van der Waals surface area contributed by atoms with Gasteiger partial charge in [-0.05, 0) is 95.6 Å². The molecule has 0 aliphatic heterocycles. The van der Waals surface area contributed by atoms with E-state index >= 15 is 0 Å². The summed E-state index contributed by atoms with van der Waals surface area (Å²) in [7, 11) is 0. The molecule has 2 heteroatoms. The first-order valence-electron chi connectivity index (χ1n) is 14.6. The van der Waals surface area contributed by atoms with E-state index in [1.54, 1.807) is 0 Å². The summed E-state index contributed by atoms with van der Waals surface area (Å²) in [6.07, 6.45) is 9.58. The SMILES string of the molecule is CC(C)Cc1cc(C2(c3cc(CC(C)C)c(O)c(CC(C)C)c3)CCCCC2)cc(CC(C)C)c1O. The van der Waals surface area contributed by atoms with Crippen LogP contribution in [0.1, 0.15) is 121 Å². The van der Waals surface area contributed by atoms with Crippen LogP contribution in [0, 0.1) is 23.7 Å². The minimum Gasteiger partial charge on any atom is -0.507 e. The Morgan fingerprint density at radius 3 is 1.06 bits per heavy atom. The molecule has 0 spiro atoms. The molecule has 0 aromatic heterocycles. The van der Waals surface area contributed by atoms with Crippen molar-refractivity contribution >= 4 is 0 Å². The van der Waals surface area contributed by atoms with E-state index in [2.05, 4.69) is 79.7 Å². The molecule has 1 aliphatic rings. The van der Waals surface area contributed by atoms with Crippen LogP contribution in [-0.2, 0) is 31.1 Å². The topological polar surface area (TPSA) is 40.5 Å². The van der Waals surface area contributed by atoms with Crippen molar-refractivity contribution in [2.45, 2.75) is 119 Å². The summed E-state index contributed by atoms with van der Waals surface area (Å²) in [4.78, 5) is 0. The highest BCUT2D eigenvalue weighted by Gasteiger charge is 2.38. The molecule has 1 fully saturated rings. The van der Waals surface area contributed by atoms with Gasteiger partial charge < -0.3 is 10.2 Å². The number of phenolic OH excluding ortho intramolecular Hbond substituents is 2. The first-order valence-corrected chi connectivity index (χ1v) is 14.6. The molecule has 2 nitrogen and oxygen atoms in total. The zero-order valence-electron chi connectivity index (χ0n) is 24.4. The molecule has 36 heavy (non-hydrogen) atoms. The lowest BCUT2D eigenvalue weighted by Crippen LogP contribution is -2.31. The zero-order valence-corrected chi connectivity index (χ0v) is 24.4. The van der Waals surface area contributed by atoms with Crippen molar-refractivity contribution in [1.29, 1.82) is 0 Å². The van der Waals surface area contributed by atoms with Crippen LogP contribution in [0.15, 0.2) is 24.3 Å². The van der Waals surface area contributed by atoms with Gasteiger partial charge in [0.1, 0.15) is 11.5 Å². The van der Waals surface area contributed by atoms with E-state index in [0.717, 1.165) is 60.8 Å². The van der Waals surface area contributed by atoms with Crippen LogP contribution in [0.3, 0.4) is 0 Å². The third kappa shape index (κ3) is 6.67. The summed E-state index contributed by atoms with van der Waals surface area (Å²) >= 11 is 0. The Labute approximate surface area is 221 Å². The minimum absolute atomic E-state index is 0.0609. The number of hydrogen-bond acceptors (Lipinski definition) is 2. The van der Waals surface area contributed by atoms with Gasteiger partial charge >= 0.3 is 0 Å². The fourth-order valence-electron chi connectivity index (χ4n) is 6.35. The van der Waals surface area contributed by atoms with Gasteiger partial charge in [0.05, 0.1) is 0 Å².